The first-order valence-electron chi connectivity index (χ1n) is 25.4. The number of imidazole rings is 1. The maximum atomic E-state index is 13.9. The van der Waals surface area contributed by atoms with E-state index in [0.717, 1.165) is 25.9 Å². The zero-order valence-corrected chi connectivity index (χ0v) is 44.9. The van der Waals surface area contributed by atoms with Crippen molar-refractivity contribution in [2.24, 2.45) is 38.7 Å². The highest BCUT2D eigenvalue weighted by Crippen LogP contribution is 2.15. The number of amides is 9. The third-order valence-corrected chi connectivity index (χ3v) is 11.0. The number of carbonyl (C=O) groups is 9. The van der Waals surface area contributed by atoms with Gasteiger partial charge in [-0.05, 0) is 63.1 Å². The van der Waals surface area contributed by atoms with Gasteiger partial charge in [-0.1, -0.05) is 62.4 Å². The summed E-state index contributed by atoms with van der Waals surface area (Å²) in [6.07, 6.45) is 6.45. The molecule has 1 saturated heterocycles. The second-order valence-corrected chi connectivity index (χ2v) is 17.8. The molecule has 2 aromatic carbocycles. The molecule has 3 unspecified atom stereocenters. The van der Waals surface area contributed by atoms with Gasteiger partial charge in [0.05, 0.1) is 19.4 Å². The van der Waals surface area contributed by atoms with Gasteiger partial charge in [0.2, 0.25) is 53.2 Å². The second kappa shape index (κ2) is 36.0. The first-order chi connectivity index (χ1) is 37.1. The van der Waals surface area contributed by atoms with Gasteiger partial charge in [-0.3, -0.25) is 53.1 Å². The molecule has 4 aromatic rings. The number of hydrogen-bond acceptors (Lipinski definition) is 12. The topological polar surface area (TPSA) is 449 Å². The summed E-state index contributed by atoms with van der Waals surface area (Å²) in [7, 11) is 0. The number of hydrogen-bond donors (Lipinski definition) is 15. The SMILES string of the molecule is CC(=O)NCC(=O)NC1CCC(=O)NCCCC(C(N)=O)NC(=O)[C@H](C)NC(=O)CNC(=O)C(Cc2ccccc2)NC(=O)[C@H](Cc2cnc[nH]2)NC1=O.CCCN=C(N)N.CCCN=C(N)N.Cc1c[nH]c2ccccc12. The Morgan fingerprint density at radius 2 is 1.35 bits per heavy atom. The molecule has 1 aliphatic rings. The lowest BCUT2D eigenvalue weighted by Crippen LogP contribution is -2.58. The number of nitrogens with zero attached hydrogens (tertiary/aromatic N) is 3. The average molecular weight is 1090 g/mol. The van der Waals surface area contributed by atoms with Crippen molar-refractivity contribution in [3.63, 3.8) is 0 Å². The maximum absolute atomic E-state index is 13.9. The standard InChI is InChI=1S/C34H47N11O9.C9H9N.2C4H11N3/c1-19-31(51)43-23(30(35)50)9-6-12-37-27(47)11-10-24(42-29(49)16-38-20(2)46)33(53)45-26(14-22-15-36-18-40-22)34(54)44-25(13-21-7-4-3-5-8-21)32(52)39-17-28(48)41-19;1-7-6-10-9-5-3-2-4-8(7)9;2*1-2-3-7-4(5)6/h3-5,7-8,15,18-19,23-26H,6,9-14,16-17H2,1-2H3,(H2,35,50)(H,36,40)(H,37,47)(H,38,46)(H,39,52)(H,41,48)(H,42,49)(H,43,51)(H,44,54)(H,45,53);2-6,10H,1H3;2*2-3H2,1H3,(H4,5,6,7)/t19-,23?,24?,25?,26-;;;/m0.../s1. The molecule has 27 heteroatoms. The summed E-state index contributed by atoms with van der Waals surface area (Å²) >= 11 is 0. The summed E-state index contributed by atoms with van der Waals surface area (Å²) in [5.74, 6) is -6.09. The highest BCUT2D eigenvalue weighted by atomic mass is 16.2. The molecular weight excluding hydrogens is 1010 g/mol. The number of benzene rings is 2. The molecular formula is C51H78N18O9. The molecule has 0 saturated carbocycles. The predicted octanol–water partition coefficient (Wildman–Crippen LogP) is -2.12. The number of fused-ring (bicyclic) bond motifs is 1. The van der Waals surface area contributed by atoms with Crippen molar-refractivity contribution in [3.8, 4) is 0 Å². The molecule has 78 heavy (non-hydrogen) atoms. The van der Waals surface area contributed by atoms with E-state index in [9.17, 15) is 43.2 Å². The van der Waals surface area contributed by atoms with Gasteiger partial charge in [0.25, 0.3) is 0 Å². The maximum Gasteiger partial charge on any atom is 0.243 e. The van der Waals surface area contributed by atoms with Crippen LogP contribution in [-0.4, -0.2) is 143 Å². The minimum Gasteiger partial charge on any atom is -0.370 e. The molecule has 0 spiro atoms. The fourth-order valence-electron chi connectivity index (χ4n) is 6.98. The van der Waals surface area contributed by atoms with Gasteiger partial charge < -0.3 is 81.2 Å². The van der Waals surface area contributed by atoms with E-state index >= 15 is 0 Å². The van der Waals surface area contributed by atoms with E-state index in [2.05, 4.69) is 92.6 Å². The van der Waals surface area contributed by atoms with Crippen LogP contribution in [0.1, 0.15) is 83.0 Å². The Balaban J connectivity index is 0.000000702. The van der Waals surface area contributed by atoms with Crippen molar-refractivity contribution in [2.75, 3.05) is 32.7 Å². The van der Waals surface area contributed by atoms with Crippen LogP contribution >= 0.6 is 0 Å². The summed E-state index contributed by atoms with van der Waals surface area (Å²) in [5.41, 5.74) is 29.1. The summed E-state index contributed by atoms with van der Waals surface area (Å²) < 4.78 is 0. The molecule has 27 nitrogen and oxygen atoms in total. The molecule has 9 amide bonds. The van der Waals surface area contributed by atoms with Gasteiger partial charge in [-0.25, -0.2) is 4.98 Å². The number of para-hydroxylation sites is 1. The number of rotatable bonds is 12. The van der Waals surface area contributed by atoms with Crippen LogP contribution in [0.2, 0.25) is 0 Å². The molecule has 426 valence electrons. The Bertz CT molecular complexity index is 2580. The van der Waals surface area contributed by atoms with Crippen LogP contribution in [0, 0.1) is 6.92 Å². The summed E-state index contributed by atoms with van der Waals surface area (Å²) in [5, 5.41) is 21.4. The number of carbonyl (C=O) groups excluding carboxylic acids is 9. The van der Waals surface area contributed by atoms with E-state index in [0.29, 0.717) is 11.3 Å². The molecule has 5 atom stereocenters. The molecule has 0 aliphatic carbocycles. The van der Waals surface area contributed by atoms with E-state index < -0.39 is 96.5 Å². The quantitative estimate of drug-likeness (QED) is 0.0533. The molecule has 1 aliphatic heterocycles. The fraction of sp³-hybridized carbons (Fsp3) is 0.451. The fourth-order valence-corrected chi connectivity index (χ4v) is 6.98. The minimum absolute atomic E-state index is 0.0188. The van der Waals surface area contributed by atoms with Crippen molar-refractivity contribution in [1.29, 1.82) is 0 Å². The molecule has 0 bridgehead atoms. The van der Waals surface area contributed by atoms with Crippen LogP contribution in [0.5, 0.6) is 0 Å². The normalized spacial score (nSPS) is 18.7. The average Bonchev–Trinajstić information content (AvgIpc) is 4.08. The minimum atomic E-state index is -1.35. The highest BCUT2D eigenvalue weighted by molar-refractivity contribution is 5.97. The predicted molar refractivity (Wildman–Crippen MR) is 295 cm³/mol. The van der Waals surface area contributed by atoms with Crippen molar-refractivity contribution in [3.05, 3.63) is 90.1 Å². The van der Waals surface area contributed by atoms with Crippen molar-refractivity contribution in [1.82, 2.24) is 57.5 Å². The van der Waals surface area contributed by atoms with E-state index in [1.165, 1.54) is 42.8 Å². The van der Waals surface area contributed by atoms with Crippen LogP contribution in [0.3, 0.4) is 0 Å². The van der Waals surface area contributed by atoms with E-state index in [4.69, 9.17) is 28.7 Å². The van der Waals surface area contributed by atoms with Crippen LogP contribution in [0.15, 0.2) is 83.3 Å². The zero-order chi connectivity index (χ0) is 58.0. The molecule has 0 radical (unpaired) electrons. The third kappa shape index (κ3) is 27.0. The number of aliphatic imine (C=N–C) groups is 2. The van der Waals surface area contributed by atoms with E-state index in [-0.39, 0.29) is 57.0 Å². The van der Waals surface area contributed by atoms with Gasteiger partial charge in [0.15, 0.2) is 11.9 Å². The largest absolute Gasteiger partial charge is 0.370 e. The molecule has 5 rings (SSSR count). The van der Waals surface area contributed by atoms with Crippen molar-refractivity contribution >= 4 is 76.0 Å². The number of guanidine groups is 2. The second-order valence-electron chi connectivity index (χ2n) is 17.8. The Morgan fingerprint density at radius 3 is 1.92 bits per heavy atom. The van der Waals surface area contributed by atoms with Crippen molar-refractivity contribution < 1.29 is 43.2 Å². The van der Waals surface area contributed by atoms with Crippen LogP contribution in [-0.2, 0) is 56.0 Å². The number of H-pyrrole nitrogens is 2. The van der Waals surface area contributed by atoms with Crippen LogP contribution in [0.25, 0.3) is 10.9 Å². The van der Waals surface area contributed by atoms with Crippen LogP contribution < -0.4 is 71.2 Å². The first kappa shape index (κ1) is 65.1. The van der Waals surface area contributed by atoms with Gasteiger partial charge >= 0.3 is 0 Å². The number of aromatic amines is 2. The lowest BCUT2D eigenvalue weighted by atomic mass is 10.0. The Labute approximate surface area is 453 Å². The summed E-state index contributed by atoms with van der Waals surface area (Å²) in [6, 6.07) is 10.8. The molecule has 1 fully saturated rings. The third-order valence-electron chi connectivity index (χ3n) is 11.0. The lowest BCUT2D eigenvalue weighted by molar-refractivity contribution is -0.134. The molecule has 20 N–H and O–H groups in total. The highest BCUT2D eigenvalue weighted by Gasteiger charge is 2.31. The van der Waals surface area contributed by atoms with Crippen LogP contribution in [0.4, 0.5) is 0 Å². The number of primary amides is 1. The molecule has 3 heterocycles. The monoisotopic (exact) mass is 1090 g/mol. The van der Waals surface area contributed by atoms with E-state index in [1.807, 2.05) is 26.1 Å². The number of aryl methyl sites for hydroxylation is 1. The number of nitrogens with two attached hydrogens (primary N) is 5. The smallest absolute Gasteiger partial charge is 0.243 e. The van der Waals surface area contributed by atoms with Gasteiger partial charge in [0, 0.05) is 74.8 Å². The first-order valence-corrected chi connectivity index (χ1v) is 25.4. The lowest BCUT2D eigenvalue weighted by Gasteiger charge is -2.25. The Kier molecular flexibility index (Phi) is 30.1. The summed E-state index contributed by atoms with van der Waals surface area (Å²) in [4.78, 5) is 133. The zero-order valence-electron chi connectivity index (χ0n) is 44.9. The molecule has 2 aromatic heterocycles. The Morgan fingerprint density at radius 1 is 0.718 bits per heavy atom. The Hall–Kier alpha value is -9.04. The number of nitrogens with one attached hydrogen (secondary N) is 10. The van der Waals surface area contributed by atoms with Gasteiger partial charge in [-0.2, -0.15) is 0 Å². The summed E-state index contributed by atoms with van der Waals surface area (Å²) in [6.45, 7) is 9.22. The van der Waals surface area contributed by atoms with Gasteiger partial charge in [-0.15, -0.1) is 0 Å². The number of aromatic nitrogens is 3. The van der Waals surface area contributed by atoms with Gasteiger partial charge in [0.1, 0.15) is 30.2 Å². The van der Waals surface area contributed by atoms with Crippen molar-refractivity contribution in [2.45, 2.75) is 116 Å². The van der Waals surface area contributed by atoms with E-state index in [1.54, 1.807) is 30.3 Å².